The molecule has 0 unspecified atom stereocenters. The maximum absolute atomic E-state index is 12.9. The van der Waals surface area contributed by atoms with E-state index in [2.05, 4.69) is 10.5 Å². The Bertz CT molecular complexity index is 552. The second-order valence-electron chi connectivity index (χ2n) is 3.60. The molecule has 1 heterocycles. The van der Waals surface area contributed by atoms with Crippen molar-refractivity contribution in [2.45, 2.75) is 6.42 Å². The van der Waals surface area contributed by atoms with Crippen molar-refractivity contribution in [3.63, 3.8) is 0 Å². The van der Waals surface area contributed by atoms with Gasteiger partial charge in [-0.15, -0.1) is 11.3 Å². The van der Waals surface area contributed by atoms with Gasteiger partial charge in [0.25, 0.3) is 0 Å². The maximum atomic E-state index is 12.9. The highest BCUT2D eigenvalue weighted by atomic mass is 32.1. The highest BCUT2D eigenvalue weighted by Crippen LogP contribution is 2.08. The summed E-state index contributed by atoms with van der Waals surface area (Å²) in [5, 5.41) is 5.69. The van der Waals surface area contributed by atoms with Gasteiger partial charge in [0, 0.05) is 4.88 Å². The molecule has 0 fully saturated rings. The summed E-state index contributed by atoms with van der Waals surface area (Å²) in [5.74, 6) is -0.519. The van der Waals surface area contributed by atoms with Crippen LogP contribution in [-0.4, -0.2) is 12.1 Å². The number of halogens is 1. The summed E-state index contributed by atoms with van der Waals surface area (Å²) >= 11 is 1.52. The number of rotatable bonds is 4. The molecule has 1 amide bonds. The van der Waals surface area contributed by atoms with Gasteiger partial charge in [-0.25, -0.2) is 9.82 Å². The molecule has 0 saturated carbocycles. The van der Waals surface area contributed by atoms with Crippen LogP contribution in [0.4, 0.5) is 4.39 Å². The number of nitrogens with one attached hydrogen (secondary N) is 1. The molecule has 0 aliphatic rings. The molecule has 1 aromatic heterocycles. The Morgan fingerprint density at radius 2 is 2.28 bits per heavy atom. The lowest BCUT2D eigenvalue weighted by molar-refractivity contribution is -0.120. The van der Waals surface area contributed by atoms with Crippen LogP contribution < -0.4 is 5.43 Å². The second kappa shape index (κ2) is 6.07. The van der Waals surface area contributed by atoms with Crippen molar-refractivity contribution in [1.82, 2.24) is 5.43 Å². The van der Waals surface area contributed by atoms with Crippen LogP contribution in [0.3, 0.4) is 0 Å². The fraction of sp³-hybridized carbons (Fsp3) is 0.0769. The molecule has 3 nitrogen and oxygen atoms in total. The monoisotopic (exact) mass is 262 g/mol. The lowest BCUT2D eigenvalue weighted by Crippen LogP contribution is -2.19. The van der Waals surface area contributed by atoms with E-state index in [0.29, 0.717) is 12.0 Å². The first-order chi connectivity index (χ1) is 8.74. The molecule has 0 saturated heterocycles. The topological polar surface area (TPSA) is 41.5 Å². The molecule has 0 aliphatic carbocycles. The Balaban J connectivity index is 1.86. The van der Waals surface area contributed by atoms with Crippen molar-refractivity contribution < 1.29 is 9.18 Å². The third kappa shape index (κ3) is 3.78. The van der Waals surface area contributed by atoms with Gasteiger partial charge in [0.1, 0.15) is 5.82 Å². The third-order valence-electron chi connectivity index (χ3n) is 2.17. The van der Waals surface area contributed by atoms with Crippen LogP contribution in [-0.2, 0) is 11.2 Å². The van der Waals surface area contributed by atoms with Crippen molar-refractivity contribution in [1.29, 1.82) is 0 Å². The average Bonchev–Trinajstić information content (AvgIpc) is 2.82. The number of nitrogens with zero attached hydrogens (tertiary/aromatic N) is 1. The third-order valence-corrected chi connectivity index (χ3v) is 3.04. The quantitative estimate of drug-likeness (QED) is 0.668. The van der Waals surface area contributed by atoms with Gasteiger partial charge in [0.05, 0.1) is 12.6 Å². The van der Waals surface area contributed by atoms with Gasteiger partial charge in [-0.1, -0.05) is 18.2 Å². The molecule has 2 rings (SSSR count). The van der Waals surface area contributed by atoms with Crippen molar-refractivity contribution in [2.24, 2.45) is 5.10 Å². The van der Waals surface area contributed by atoms with Crippen molar-refractivity contribution >= 4 is 23.5 Å². The zero-order valence-corrected chi connectivity index (χ0v) is 10.3. The van der Waals surface area contributed by atoms with Crippen LogP contribution in [0.15, 0.2) is 46.9 Å². The fourth-order valence-electron chi connectivity index (χ4n) is 1.38. The lowest BCUT2D eigenvalue weighted by Gasteiger charge is -1.97. The SMILES string of the molecule is O=C(Cc1cccs1)N/N=C\c1cccc(F)c1. The van der Waals surface area contributed by atoms with E-state index in [4.69, 9.17) is 0 Å². The number of carbonyl (C=O) groups excluding carboxylic acids is 1. The van der Waals surface area contributed by atoms with E-state index in [1.165, 1.54) is 29.7 Å². The first-order valence-corrected chi connectivity index (χ1v) is 6.22. The fourth-order valence-corrected chi connectivity index (χ4v) is 2.08. The molecule has 2 aromatic rings. The van der Waals surface area contributed by atoms with E-state index in [-0.39, 0.29) is 11.7 Å². The number of hydrogen-bond acceptors (Lipinski definition) is 3. The normalized spacial score (nSPS) is 10.7. The average molecular weight is 262 g/mol. The molecule has 1 aromatic carbocycles. The number of thiophene rings is 1. The van der Waals surface area contributed by atoms with E-state index >= 15 is 0 Å². The maximum Gasteiger partial charge on any atom is 0.245 e. The summed E-state index contributed by atoms with van der Waals surface area (Å²) in [6, 6.07) is 9.77. The van der Waals surface area contributed by atoms with Gasteiger partial charge in [0.15, 0.2) is 0 Å². The highest BCUT2D eigenvalue weighted by molar-refractivity contribution is 7.10. The lowest BCUT2D eigenvalue weighted by atomic mass is 10.2. The molecule has 0 radical (unpaired) electrons. The minimum absolute atomic E-state index is 0.190. The van der Waals surface area contributed by atoms with Crippen molar-refractivity contribution in [2.75, 3.05) is 0 Å². The minimum Gasteiger partial charge on any atom is -0.273 e. The van der Waals surface area contributed by atoms with Gasteiger partial charge in [0.2, 0.25) is 5.91 Å². The van der Waals surface area contributed by atoms with Crippen LogP contribution >= 0.6 is 11.3 Å². The van der Waals surface area contributed by atoms with E-state index in [0.717, 1.165) is 4.88 Å². The summed E-state index contributed by atoms with van der Waals surface area (Å²) in [6.07, 6.45) is 1.72. The van der Waals surface area contributed by atoms with Crippen LogP contribution in [0.2, 0.25) is 0 Å². The van der Waals surface area contributed by atoms with Crippen LogP contribution in [0, 0.1) is 5.82 Å². The number of benzene rings is 1. The summed E-state index contributed by atoms with van der Waals surface area (Å²) in [4.78, 5) is 12.5. The van der Waals surface area contributed by atoms with Gasteiger partial charge >= 0.3 is 0 Å². The van der Waals surface area contributed by atoms with Crippen LogP contribution in [0.25, 0.3) is 0 Å². The Hall–Kier alpha value is -2.01. The zero-order chi connectivity index (χ0) is 12.8. The second-order valence-corrected chi connectivity index (χ2v) is 4.64. The summed E-state index contributed by atoms with van der Waals surface area (Å²) in [5.41, 5.74) is 3.01. The van der Waals surface area contributed by atoms with E-state index in [9.17, 15) is 9.18 Å². The van der Waals surface area contributed by atoms with Crippen LogP contribution in [0.5, 0.6) is 0 Å². The van der Waals surface area contributed by atoms with Gasteiger partial charge < -0.3 is 0 Å². The Kier molecular flexibility index (Phi) is 4.20. The number of hydrazone groups is 1. The number of amides is 1. The van der Waals surface area contributed by atoms with Gasteiger partial charge in [-0.05, 0) is 29.1 Å². The zero-order valence-electron chi connectivity index (χ0n) is 9.47. The van der Waals surface area contributed by atoms with Gasteiger partial charge in [-0.2, -0.15) is 5.10 Å². The number of hydrogen-bond donors (Lipinski definition) is 1. The molecule has 92 valence electrons. The Morgan fingerprint density at radius 1 is 1.39 bits per heavy atom. The van der Waals surface area contributed by atoms with Crippen molar-refractivity contribution in [3.8, 4) is 0 Å². The van der Waals surface area contributed by atoms with E-state index in [1.807, 2.05) is 17.5 Å². The molecule has 0 bridgehead atoms. The Labute approximate surface area is 108 Å². The predicted molar refractivity (Wildman–Crippen MR) is 70.2 cm³/mol. The molecule has 0 aliphatic heterocycles. The predicted octanol–water partition coefficient (Wildman–Crippen LogP) is 2.58. The molecule has 5 heteroatoms. The first kappa shape index (κ1) is 12.4. The van der Waals surface area contributed by atoms with Gasteiger partial charge in [-0.3, -0.25) is 4.79 Å². The minimum atomic E-state index is -0.330. The summed E-state index contributed by atoms with van der Waals surface area (Å²) in [7, 11) is 0. The van der Waals surface area contributed by atoms with E-state index in [1.54, 1.807) is 12.1 Å². The summed E-state index contributed by atoms with van der Waals surface area (Å²) in [6.45, 7) is 0. The Morgan fingerprint density at radius 3 is 3.00 bits per heavy atom. The molecular formula is C13H11FN2OS. The molecule has 18 heavy (non-hydrogen) atoms. The largest absolute Gasteiger partial charge is 0.273 e. The smallest absolute Gasteiger partial charge is 0.245 e. The molecular weight excluding hydrogens is 251 g/mol. The van der Waals surface area contributed by atoms with E-state index < -0.39 is 0 Å². The van der Waals surface area contributed by atoms with Crippen LogP contribution in [0.1, 0.15) is 10.4 Å². The molecule has 1 N–H and O–H groups in total. The standard InChI is InChI=1S/C13H11FN2OS/c14-11-4-1-3-10(7-11)9-15-16-13(17)8-12-5-2-6-18-12/h1-7,9H,8H2,(H,16,17)/b15-9-. The first-order valence-electron chi connectivity index (χ1n) is 5.34. The molecule has 0 atom stereocenters. The molecule has 0 spiro atoms. The summed E-state index contributed by atoms with van der Waals surface area (Å²) < 4.78 is 12.9. The number of carbonyl (C=O) groups is 1. The van der Waals surface area contributed by atoms with Crippen molar-refractivity contribution in [3.05, 3.63) is 58.0 Å². The highest BCUT2D eigenvalue weighted by Gasteiger charge is 2.02.